The Labute approximate surface area is 189 Å². The van der Waals surface area contributed by atoms with Crippen molar-refractivity contribution < 1.29 is 14.3 Å². The van der Waals surface area contributed by atoms with Gasteiger partial charge in [-0.3, -0.25) is 14.5 Å². The number of carbonyl (C=O) groups excluding carboxylic acids is 1. The minimum atomic E-state index is -0.131. The van der Waals surface area contributed by atoms with Gasteiger partial charge < -0.3 is 14.8 Å². The third-order valence-electron chi connectivity index (χ3n) is 5.28. The number of benzene rings is 1. The van der Waals surface area contributed by atoms with E-state index in [9.17, 15) is 4.79 Å². The lowest BCUT2D eigenvalue weighted by atomic mass is 9.92. The Bertz CT molecular complexity index is 967. The maximum atomic E-state index is 13.3. The molecule has 2 heterocycles. The summed E-state index contributed by atoms with van der Waals surface area (Å²) in [6.45, 7) is 7.99. The van der Waals surface area contributed by atoms with Gasteiger partial charge in [0.05, 0.1) is 19.9 Å². The molecule has 0 unspecified atom stereocenters. The molecule has 8 nitrogen and oxygen atoms in total. The first-order chi connectivity index (χ1) is 14.7. The van der Waals surface area contributed by atoms with Gasteiger partial charge in [-0.25, -0.2) is 5.01 Å². The zero-order valence-corrected chi connectivity index (χ0v) is 19.9. The van der Waals surface area contributed by atoms with Crippen LogP contribution in [0.3, 0.4) is 0 Å². The molecule has 0 atom stereocenters. The predicted octanol–water partition coefficient (Wildman–Crippen LogP) is 2.87. The molecule has 31 heavy (non-hydrogen) atoms. The number of nitrogens with one attached hydrogen (secondary N) is 1. The van der Waals surface area contributed by atoms with Gasteiger partial charge in [0.1, 0.15) is 5.69 Å². The lowest BCUT2D eigenvalue weighted by Gasteiger charge is -2.30. The van der Waals surface area contributed by atoms with Crippen molar-refractivity contribution >= 4 is 23.2 Å². The Balaban J connectivity index is 1.73. The summed E-state index contributed by atoms with van der Waals surface area (Å²) in [6.07, 6.45) is 0.847. The average Bonchev–Trinajstić information content (AvgIpc) is 3.37. The molecule has 1 aliphatic rings. The highest BCUT2D eigenvalue weighted by Crippen LogP contribution is 2.30. The van der Waals surface area contributed by atoms with Crippen LogP contribution in [0.15, 0.2) is 24.3 Å². The first kappa shape index (κ1) is 22.9. The van der Waals surface area contributed by atoms with E-state index in [4.69, 9.17) is 21.7 Å². The number of aryl methyl sites for hydroxylation is 1. The number of hydrogen-bond donors (Lipinski definition) is 1. The summed E-state index contributed by atoms with van der Waals surface area (Å²) in [4.78, 5) is 13.3. The second-order valence-electron chi connectivity index (χ2n) is 8.50. The van der Waals surface area contributed by atoms with Gasteiger partial charge in [-0.2, -0.15) is 5.10 Å². The van der Waals surface area contributed by atoms with Crippen LogP contribution in [0.2, 0.25) is 0 Å². The summed E-state index contributed by atoms with van der Waals surface area (Å²) in [6, 6.07) is 7.58. The summed E-state index contributed by atoms with van der Waals surface area (Å²) in [5.41, 5.74) is 2.22. The van der Waals surface area contributed by atoms with Crippen LogP contribution < -0.4 is 14.8 Å². The van der Waals surface area contributed by atoms with E-state index in [-0.39, 0.29) is 11.3 Å². The second-order valence-corrected chi connectivity index (χ2v) is 8.89. The summed E-state index contributed by atoms with van der Waals surface area (Å²) < 4.78 is 12.5. The van der Waals surface area contributed by atoms with Crippen LogP contribution in [0.5, 0.6) is 11.5 Å². The molecule has 3 rings (SSSR count). The van der Waals surface area contributed by atoms with Gasteiger partial charge in [0.2, 0.25) is 0 Å². The predicted molar refractivity (Wildman–Crippen MR) is 123 cm³/mol. The number of amides is 1. The molecule has 2 aromatic rings. The summed E-state index contributed by atoms with van der Waals surface area (Å²) in [5, 5.41) is 11.8. The summed E-state index contributed by atoms with van der Waals surface area (Å²) in [7, 11) is 5.02. The highest BCUT2D eigenvalue weighted by Gasteiger charge is 2.32. The third kappa shape index (κ3) is 4.76. The fourth-order valence-corrected chi connectivity index (χ4v) is 3.82. The Morgan fingerprint density at radius 1 is 1.19 bits per heavy atom. The normalized spacial score (nSPS) is 14.0. The van der Waals surface area contributed by atoms with E-state index in [1.54, 1.807) is 31.0 Å². The Morgan fingerprint density at radius 3 is 2.52 bits per heavy atom. The molecular weight excluding hydrogens is 414 g/mol. The molecule has 1 aromatic heterocycles. The molecule has 1 N–H and O–H groups in total. The highest BCUT2D eigenvalue weighted by molar-refractivity contribution is 7.80. The molecule has 1 aliphatic heterocycles. The van der Waals surface area contributed by atoms with Gasteiger partial charge in [0.25, 0.3) is 5.91 Å². The number of carbonyl (C=O) groups is 1. The molecule has 0 aliphatic carbocycles. The third-order valence-corrected chi connectivity index (χ3v) is 5.64. The van der Waals surface area contributed by atoms with E-state index in [1.807, 2.05) is 29.3 Å². The van der Waals surface area contributed by atoms with E-state index in [1.165, 1.54) is 0 Å². The van der Waals surface area contributed by atoms with Crippen LogP contribution >= 0.6 is 12.2 Å². The van der Waals surface area contributed by atoms with Gasteiger partial charge >= 0.3 is 0 Å². The molecule has 1 fully saturated rings. The van der Waals surface area contributed by atoms with Crippen molar-refractivity contribution in [3.63, 3.8) is 0 Å². The van der Waals surface area contributed by atoms with Crippen molar-refractivity contribution in [2.75, 3.05) is 27.3 Å². The van der Waals surface area contributed by atoms with E-state index in [2.05, 4.69) is 31.2 Å². The number of rotatable bonds is 5. The monoisotopic (exact) mass is 445 g/mol. The summed E-state index contributed by atoms with van der Waals surface area (Å²) >= 11 is 5.62. The molecule has 1 aromatic carbocycles. The fourth-order valence-electron chi connectivity index (χ4n) is 3.56. The number of para-hydroxylation sites is 1. The van der Waals surface area contributed by atoms with Crippen molar-refractivity contribution in [3.05, 3.63) is 41.2 Å². The number of methoxy groups -OCH3 is 2. The fraction of sp³-hybridized carbons (Fsp3) is 0.500. The van der Waals surface area contributed by atoms with Crippen molar-refractivity contribution in [2.24, 2.45) is 7.05 Å². The first-order valence-electron chi connectivity index (χ1n) is 10.3. The number of aromatic nitrogens is 2. The van der Waals surface area contributed by atoms with E-state index >= 15 is 0 Å². The van der Waals surface area contributed by atoms with E-state index in [0.717, 1.165) is 17.7 Å². The van der Waals surface area contributed by atoms with Crippen LogP contribution in [-0.4, -0.2) is 58.1 Å². The van der Waals surface area contributed by atoms with Gasteiger partial charge in [0.15, 0.2) is 16.6 Å². The molecule has 0 bridgehead atoms. The van der Waals surface area contributed by atoms with Crippen LogP contribution in [0.4, 0.5) is 0 Å². The van der Waals surface area contributed by atoms with Crippen LogP contribution in [0.25, 0.3) is 0 Å². The van der Waals surface area contributed by atoms with Crippen molar-refractivity contribution in [1.82, 2.24) is 25.1 Å². The maximum absolute atomic E-state index is 13.3. The number of hydrogen-bond acceptors (Lipinski definition) is 5. The zero-order chi connectivity index (χ0) is 22.8. The first-order valence-corrected chi connectivity index (χ1v) is 10.7. The van der Waals surface area contributed by atoms with Gasteiger partial charge in [0, 0.05) is 37.7 Å². The molecule has 0 spiro atoms. The molecule has 0 saturated carbocycles. The Kier molecular flexibility index (Phi) is 6.74. The number of hydrazine groups is 1. The topological polar surface area (TPSA) is 71.9 Å². The second kappa shape index (κ2) is 9.13. The van der Waals surface area contributed by atoms with Crippen LogP contribution in [-0.2, 0) is 19.0 Å². The minimum absolute atomic E-state index is 0.105. The van der Waals surface area contributed by atoms with Crippen LogP contribution in [0, 0.1) is 0 Å². The quantitative estimate of drug-likeness (QED) is 0.710. The largest absolute Gasteiger partial charge is 0.493 e. The van der Waals surface area contributed by atoms with Crippen molar-refractivity contribution in [2.45, 2.75) is 39.2 Å². The maximum Gasteiger partial charge on any atom is 0.290 e. The highest BCUT2D eigenvalue weighted by atomic mass is 32.1. The SMILES string of the molecule is COc1cccc(CNC(=S)N2CCCN2C(=O)c2cc(C(C)(C)C)nn2C)c1OC. The van der Waals surface area contributed by atoms with Crippen molar-refractivity contribution in [1.29, 1.82) is 0 Å². The zero-order valence-electron chi connectivity index (χ0n) is 19.1. The number of ether oxygens (including phenoxy) is 2. The Hall–Kier alpha value is -2.81. The number of thiocarbonyl (C=S) groups is 1. The smallest absolute Gasteiger partial charge is 0.290 e. The van der Waals surface area contributed by atoms with Gasteiger partial charge in [-0.15, -0.1) is 0 Å². The van der Waals surface area contributed by atoms with Crippen molar-refractivity contribution in [3.8, 4) is 11.5 Å². The summed E-state index contributed by atoms with van der Waals surface area (Å²) in [5.74, 6) is 1.22. The lowest BCUT2D eigenvalue weighted by molar-refractivity contribution is 0.0480. The Morgan fingerprint density at radius 2 is 1.90 bits per heavy atom. The van der Waals surface area contributed by atoms with Gasteiger partial charge in [-0.05, 0) is 30.8 Å². The number of nitrogens with zero attached hydrogens (tertiary/aromatic N) is 4. The average molecular weight is 446 g/mol. The molecule has 1 saturated heterocycles. The standard InChI is InChI=1S/C22H31N5O3S/c1-22(2,3)18-13-16(25(4)24-18)20(28)26-11-8-12-27(26)21(31)23-14-15-9-7-10-17(29-5)19(15)30-6/h7,9-10,13H,8,11-12,14H2,1-6H3,(H,23,31). The molecule has 9 heteroatoms. The van der Waals surface area contributed by atoms with Gasteiger partial charge in [-0.1, -0.05) is 32.9 Å². The van der Waals surface area contributed by atoms with E-state index < -0.39 is 0 Å². The van der Waals surface area contributed by atoms with Crippen LogP contribution in [0.1, 0.15) is 48.9 Å². The van der Waals surface area contributed by atoms with E-state index in [0.29, 0.717) is 41.9 Å². The molecule has 168 valence electrons. The minimum Gasteiger partial charge on any atom is -0.493 e. The molecular formula is C22H31N5O3S. The lowest BCUT2D eigenvalue weighted by Crippen LogP contribution is -2.49. The molecule has 0 radical (unpaired) electrons. The molecule has 1 amide bonds.